The van der Waals surface area contributed by atoms with Crippen molar-refractivity contribution in [3.8, 4) is 11.5 Å². The minimum absolute atomic E-state index is 0.00130. The van der Waals surface area contributed by atoms with Crippen molar-refractivity contribution < 1.29 is 19.1 Å². The van der Waals surface area contributed by atoms with E-state index in [9.17, 15) is 9.59 Å². The van der Waals surface area contributed by atoms with Gasteiger partial charge in [-0.05, 0) is 18.6 Å². The molecular formula is C16H22N2O4. The molecule has 0 saturated carbocycles. The Hall–Kier alpha value is -2.24. The van der Waals surface area contributed by atoms with Crippen LogP contribution in [0.15, 0.2) is 18.2 Å². The Morgan fingerprint density at radius 1 is 1.23 bits per heavy atom. The molecule has 1 aliphatic rings. The third kappa shape index (κ3) is 4.13. The van der Waals surface area contributed by atoms with Crippen molar-refractivity contribution in [2.24, 2.45) is 0 Å². The number of carbonyl (C=O) groups excluding carboxylic acids is 2. The lowest BCUT2D eigenvalue weighted by atomic mass is 10.2. The zero-order chi connectivity index (χ0) is 15.9. The molecule has 0 atom stereocenters. The van der Waals surface area contributed by atoms with Gasteiger partial charge in [-0.2, -0.15) is 0 Å². The van der Waals surface area contributed by atoms with E-state index in [1.54, 1.807) is 18.2 Å². The number of fused-ring (bicyclic) bond motifs is 1. The average Bonchev–Trinajstić information content (AvgIpc) is 2.52. The second kappa shape index (κ2) is 7.68. The summed E-state index contributed by atoms with van der Waals surface area (Å²) in [6.45, 7) is 5.12. The highest BCUT2D eigenvalue weighted by Crippen LogP contribution is 2.33. The van der Waals surface area contributed by atoms with E-state index in [4.69, 9.17) is 9.47 Å². The van der Waals surface area contributed by atoms with Gasteiger partial charge in [-0.1, -0.05) is 13.3 Å². The maximum Gasteiger partial charge on any atom is 0.240 e. The fourth-order valence-corrected chi connectivity index (χ4v) is 2.19. The molecule has 0 saturated heterocycles. The predicted molar refractivity (Wildman–Crippen MR) is 83.4 cm³/mol. The van der Waals surface area contributed by atoms with Gasteiger partial charge in [0.15, 0.2) is 11.5 Å². The highest BCUT2D eigenvalue weighted by atomic mass is 16.6. The van der Waals surface area contributed by atoms with Crippen molar-refractivity contribution >= 4 is 17.5 Å². The number of rotatable bonds is 6. The van der Waals surface area contributed by atoms with Crippen molar-refractivity contribution in [1.82, 2.24) is 5.32 Å². The van der Waals surface area contributed by atoms with Gasteiger partial charge in [-0.15, -0.1) is 0 Å². The van der Waals surface area contributed by atoms with Crippen molar-refractivity contribution in [3.05, 3.63) is 18.2 Å². The van der Waals surface area contributed by atoms with Crippen molar-refractivity contribution in [2.45, 2.75) is 26.7 Å². The van der Waals surface area contributed by atoms with Crippen molar-refractivity contribution in [1.29, 1.82) is 0 Å². The van der Waals surface area contributed by atoms with Gasteiger partial charge in [0, 0.05) is 25.2 Å². The molecule has 0 aromatic heterocycles. The predicted octanol–water partition coefficient (Wildman–Crippen LogP) is 1.73. The lowest BCUT2D eigenvalue weighted by Gasteiger charge is -2.24. The van der Waals surface area contributed by atoms with Crippen LogP contribution in [0.25, 0.3) is 0 Å². The maximum atomic E-state index is 11.9. The Morgan fingerprint density at radius 3 is 2.64 bits per heavy atom. The minimum Gasteiger partial charge on any atom is -0.486 e. The summed E-state index contributed by atoms with van der Waals surface area (Å²) in [4.78, 5) is 25.2. The van der Waals surface area contributed by atoms with Gasteiger partial charge in [0.1, 0.15) is 19.8 Å². The lowest BCUT2D eigenvalue weighted by Crippen LogP contribution is -2.40. The van der Waals surface area contributed by atoms with Crippen LogP contribution in [0.3, 0.4) is 0 Å². The molecule has 0 unspecified atom stereocenters. The lowest BCUT2D eigenvalue weighted by molar-refractivity contribution is -0.123. The molecular weight excluding hydrogens is 284 g/mol. The number of hydrogen-bond donors (Lipinski definition) is 1. The molecule has 1 heterocycles. The number of benzene rings is 1. The molecule has 120 valence electrons. The summed E-state index contributed by atoms with van der Waals surface area (Å²) in [5.41, 5.74) is 0.627. The maximum absolute atomic E-state index is 11.9. The number of amides is 2. The number of nitrogens with one attached hydrogen (secondary N) is 1. The van der Waals surface area contributed by atoms with Crippen molar-refractivity contribution in [3.63, 3.8) is 0 Å². The van der Waals surface area contributed by atoms with Gasteiger partial charge >= 0.3 is 0 Å². The highest BCUT2D eigenvalue weighted by molar-refractivity contribution is 5.97. The first-order chi connectivity index (χ1) is 10.6. The van der Waals surface area contributed by atoms with E-state index in [1.165, 1.54) is 11.8 Å². The van der Waals surface area contributed by atoms with Crippen LogP contribution in [0.1, 0.15) is 26.7 Å². The molecule has 0 bridgehead atoms. The van der Waals surface area contributed by atoms with Crippen LogP contribution in [-0.4, -0.2) is 38.1 Å². The standard InChI is InChI=1S/C16H22N2O4/c1-3-4-7-17-16(20)11-18(12(2)19)13-5-6-14-15(10-13)22-9-8-21-14/h5-6,10H,3-4,7-9,11H2,1-2H3,(H,17,20). The monoisotopic (exact) mass is 306 g/mol. The fourth-order valence-electron chi connectivity index (χ4n) is 2.19. The van der Waals surface area contributed by atoms with E-state index in [0.717, 1.165) is 12.8 Å². The van der Waals surface area contributed by atoms with Crippen molar-refractivity contribution in [2.75, 3.05) is 31.2 Å². The number of carbonyl (C=O) groups is 2. The Labute approximate surface area is 130 Å². The van der Waals surface area contributed by atoms with E-state index >= 15 is 0 Å². The summed E-state index contributed by atoms with van der Waals surface area (Å²) in [5.74, 6) is 0.896. The summed E-state index contributed by atoms with van der Waals surface area (Å²) in [6, 6.07) is 5.25. The molecule has 2 rings (SSSR count). The van der Waals surface area contributed by atoms with Crippen LogP contribution in [0, 0.1) is 0 Å². The summed E-state index contributed by atoms with van der Waals surface area (Å²) in [5, 5.41) is 2.81. The smallest absolute Gasteiger partial charge is 0.240 e. The number of anilines is 1. The third-order valence-electron chi connectivity index (χ3n) is 3.37. The highest BCUT2D eigenvalue weighted by Gasteiger charge is 2.19. The van der Waals surface area contributed by atoms with E-state index in [-0.39, 0.29) is 18.4 Å². The first-order valence-corrected chi connectivity index (χ1v) is 7.56. The topological polar surface area (TPSA) is 67.9 Å². The summed E-state index contributed by atoms with van der Waals surface area (Å²) in [6.07, 6.45) is 1.94. The van der Waals surface area contributed by atoms with Crippen LogP contribution in [0.4, 0.5) is 5.69 Å². The average molecular weight is 306 g/mol. The minimum atomic E-state index is -0.192. The van der Waals surface area contributed by atoms with Gasteiger partial charge in [0.05, 0.1) is 0 Å². The molecule has 6 heteroatoms. The van der Waals surface area contributed by atoms with Gasteiger partial charge in [0.2, 0.25) is 11.8 Å². The number of hydrogen-bond acceptors (Lipinski definition) is 4. The van der Waals surface area contributed by atoms with E-state index < -0.39 is 0 Å². The molecule has 0 radical (unpaired) electrons. The fraction of sp³-hybridized carbons (Fsp3) is 0.500. The first-order valence-electron chi connectivity index (χ1n) is 7.56. The van der Waals surface area contributed by atoms with Crippen LogP contribution >= 0.6 is 0 Å². The third-order valence-corrected chi connectivity index (χ3v) is 3.37. The van der Waals surface area contributed by atoms with Gasteiger partial charge < -0.3 is 19.7 Å². The van der Waals surface area contributed by atoms with E-state index in [0.29, 0.717) is 36.9 Å². The van der Waals surface area contributed by atoms with Crippen LogP contribution in [0.5, 0.6) is 11.5 Å². The summed E-state index contributed by atoms with van der Waals surface area (Å²) >= 11 is 0. The van der Waals surface area contributed by atoms with E-state index in [1.807, 2.05) is 0 Å². The Kier molecular flexibility index (Phi) is 5.63. The van der Waals surface area contributed by atoms with Crippen LogP contribution in [-0.2, 0) is 9.59 Å². The zero-order valence-electron chi connectivity index (χ0n) is 13.1. The normalized spacial score (nSPS) is 12.6. The SMILES string of the molecule is CCCCNC(=O)CN(C(C)=O)c1ccc2c(c1)OCCO2. The van der Waals surface area contributed by atoms with E-state index in [2.05, 4.69) is 12.2 Å². The quantitative estimate of drug-likeness (QED) is 0.813. The molecule has 0 spiro atoms. The molecule has 2 amide bonds. The Balaban J connectivity index is 2.07. The molecule has 0 aliphatic carbocycles. The number of ether oxygens (including phenoxy) is 2. The summed E-state index contributed by atoms with van der Waals surface area (Å²) in [7, 11) is 0. The largest absolute Gasteiger partial charge is 0.486 e. The Bertz CT molecular complexity index is 545. The zero-order valence-corrected chi connectivity index (χ0v) is 13.1. The number of unbranched alkanes of at least 4 members (excludes halogenated alkanes) is 1. The molecule has 0 fully saturated rings. The van der Waals surface area contributed by atoms with Crippen LogP contribution in [0.2, 0.25) is 0 Å². The summed E-state index contributed by atoms with van der Waals surface area (Å²) < 4.78 is 11.0. The molecule has 6 nitrogen and oxygen atoms in total. The molecule has 22 heavy (non-hydrogen) atoms. The second-order valence-electron chi connectivity index (χ2n) is 5.14. The molecule has 1 aromatic carbocycles. The first kappa shape index (κ1) is 16.1. The van der Waals surface area contributed by atoms with Crippen LogP contribution < -0.4 is 19.7 Å². The van der Waals surface area contributed by atoms with Gasteiger partial charge in [-0.25, -0.2) is 0 Å². The van der Waals surface area contributed by atoms with Gasteiger partial charge in [0.25, 0.3) is 0 Å². The molecule has 1 aliphatic heterocycles. The van der Waals surface area contributed by atoms with Gasteiger partial charge in [-0.3, -0.25) is 9.59 Å². The Morgan fingerprint density at radius 2 is 1.95 bits per heavy atom. The molecule has 1 N–H and O–H groups in total. The number of nitrogens with zero attached hydrogens (tertiary/aromatic N) is 1. The molecule has 1 aromatic rings. The second-order valence-corrected chi connectivity index (χ2v) is 5.14.